The highest BCUT2D eigenvalue weighted by Gasteiger charge is 2.28. The summed E-state index contributed by atoms with van der Waals surface area (Å²) in [6.07, 6.45) is 1.03. The number of nitrogens with one attached hydrogen (secondary N) is 1. The fraction of sp³-hybridized carbons (Fsp3) is 0.429. The molecular formula is C14H19N3O. The quantitative estimate of drug-likeness (QED) is 0.878. The topological polar surface area (TPSA) is 51.0 Å². The highest BCUT2D eigenvalue weighted by molar-refractivity contribution is 5.32. The van der Waals surface area contributed by atoms with E-state index in [9.17, 15) is 0 Å². The average Bonchev–Trinajstić information content (AvgIpc) is 2.87. The van der Waals surface area contributed by atoms with E-state index in [2.05, 4.69) is 48.4 Å². The van der Waals surface area contributed by atoms with E-state index in [1.54, 1.807) is 0 Å². The van der Waals surface area contributed by atoms with Gasteiger partial charge in [-0.25, -0.2) is 0 Å². The van der Waals surface area contributed by atoms with Gasteiger partial charge < -0.3 is 9.84 Å². The van der Waals surface area contributed by atoms with Crippen LogP contribution in [0.3, 0.4) is 0 Å². The lowest BCUT2D eigenvalue weighted by atomic mass is 9.84. The van der Waals surface area contributed by atoms with Crippen molar-refractivity contribution in [3.8, 4) is 0 Å². The van der Waals surface area contributed by atoms with Crippen molar-refractivity contribution in [1.29, 1.82) is 0 Å². The number of aromatic nitrogens is 2. The molecule has 0 fully saturated rings. The van der Waals surface area contributed by atoms with Gasteiger partial charge in [0.05, 0.1) is 5.41 Å². The third kappa shape index (κ3) is 2.53. The first-order chi connectivity index (χ1) is 8.64. The Morgan fingerprint density at radius 1 is 1.22 bits per heavy atom. The van der Waals surface area contributed by atoms with Gasteiger partial charge in [-0.1, -0.05) is 42.4 Å². The van der Waals surface area contributed by atoms with Crippen LogP contribution in [0.2, 0.25) is 0 Å². The van der Waals surface area contributed by atoms with Gasteiger partial charge in [-0.05, 0) is 25.8 Å². The maximum Gasteiger partial charge on any atom is 0.321 e. The first-order valence-electron chi connectivity index (χ1n) is 6.28. The van der Waals surface area contributed by atoms with Crippen molar-refractivity contribution in [2.75, 3.05) is 11.9 Å². The molecule has 0 aliphatic carbocycles. The van der Waals surface area contributed by atoms with Crippen LogP contribution in [0, 0.1) is 0 Å². The smallest absolute Gasteiger partial charge is 0.321 e. The van der Waals surface area contributed by atoms with Crippen molar-refractivity contribution in [3.05, 3.63) is 41.7 Å². The molecule has 0 unspecified atom stereocenters. The summed E-state index contributed by atoms with van der Waals surface area (Å²) >= 11 is 0. The molecule has 0 atom stereocenters. The second-order valence-electron chi connectivity index (χ2n) is 4.84. The minimum atomic E-state index is -0.253. The van der Waals surface area contributed by atoms with Crippen LogP contribution in [-0.4, -0.2) is 16.7 Å². The molecule has 1 N–H and O–H groups in total. The van der Waals surface area contributed by atoms with Crippen LogP contribution in [0.25, 0.3) is 0 Å². The lowest BCUT2D eigenvalue weighted by Crippen LogP contribution is -2.20. The van der Waals surface area contributed by atoms with E-state index in [0.717, 1.165) is 13.0 Å². The standard InChI is InChI=1S/C14H19N3O/c1-4-10-15-13-16-12(17-18-13)14(2,3)11-8-6-5-7-9-11/h5-9H,4,10H2,1-3H3,(H,15,16,17). The fourth-order valence-electron chi connectivity index (χ4n) is 1.76. The van der Waals surface area contributed by atoms with Crippen LogP contribution in [-0.2, 0) is 5.41 Å². The average molecular weight is 245 g/mol. The maximum atomic E-state index is 5.20. The zero-order valence-corrected chi connectivity index (χ0v) is 11.1. The van der Waals surface area contributed by atoms with Crippen molar-refractivity contribution in [1.82, 2.24) is 10.1 Å². The Hall–Kier alpha value is -1.84. The predicted molar refractivity (Wildman–Crippen MR) is 71.6 cm³/mol. The minimum absolute atomic E-state index is 0.253. The van der Waals surface area contributed by atoms with E-state index >= 15 is 0 Å². The van der Waals surface area contributed by atoms with Gasteiger partial charge in [-0.3, -0.25) is 0 Å². The predicted octanol–water partition coefficient (Wildman–Crippen LogP) is 3.22. The lowest BCUT2D eigenvalue weighted by molar-refractivity contribution is 0.408. The van der Waals surface area contributed by atoms with Crippen LogP contribution >= 0.6 is 0 Å². The van der Waals surface area contributed by atoms with Crippen LogP contribution < -0.4 is 5.32 Å². The molecule has 18 heavy (non-hydrogen) atoms. The number of benzene rings is 1. The minimum Gasteiger partial charge on any atom is -0.338 e. The largest absolute Gasteiger partial charge is 0.338 e. The molecule has 0 aliphatic heterocycles. The second kappa shape index (κ2) is 5.21. The fourth-order valence-corrected chi connectivity index (χ4v) is 1.76. The first kappa shape index (κ1) is 12.6. The number of hydrogen-bond acceptors (Lipinski definition) is 4. The lowest BCUT2D eigenvalue weighted by Gasteiger charge is -2.20. The van der Waals surface area contributed by atoms with Gasteiger partial charge in [-0.2, -0.15) is 4.98 Å². The highest BCUT2D eigenvalue weighted by atomic mass is 16.5. The molecule has 2 rings (SSSR count). The summed E-state index contributed by atoms with van der Waals surface area (Å²) in [7, 11) is 0. The molecule has 1 aromatic carbocycles. The molecule has 0 amide bonds. The molecule has 4 nitrogen and oxygen atoms in total. The molecule has 0 saturated heterocycles. The Morgan fingerprint density at radius 2 is 1.94 bits per heavy atom. The third-order valence-corrected chi connectivity index (χ3v) is 3.01. The maximum absolute atomic E-state index is 5.20. The van der Waals surface area contributed by atoms with Gasteiger partial charge in [-0.15, -0.1) is 0 Å². The van der Waals surface area contributed by atoms with Gasteiger partial charge in [0.15, 0.2) is 5.82 Å². The van der Waals surface area contributed by atoms with Gasteiger partial charge in [0.2, 0.25) is 0 Å². The van der Waals surface area contributed by atoms with E-state index in [1.165, 1.54) is 5.56 Å². The Balaban J connectivity index is 2.22. The molecule has 0 radical (unpaired) electrons. The molecule has 4 heteroatoms. The number of rotatable bonds is 5. The number of hydrogen-bond donors (Lipinski definition) is 1. The van der Waals surface area contributed by atoms with Crippen molar-refractivity contribution < 1.29 is 4.52 Å². The summed E-state index contributed by atoms with van der Waals surface area (Å²) in [5.41, 5.74) is 0.921. The van der Waals surface area contributed by atoms with Gasteiger partial charge in [0.1, 0.15) is 0 Å². The second-order valence-corrected chi connectivity index (χ2v) is 4.84. The van der Waals surface area contributed by atoms with E-state index < -0.39 is 0 Å². The number of anilines is 1. The van der Waals surface area contributed by atoms with Crippen molar-refractivity contribution in [2.45, 2.75) is 32.6 Å². The summed E-state index contributed by atoms with van der Waals surface area (Å²) in [5.74, 6) is 0.701. The summed E-state index contributed by atoms with van der Waals surface area (Å²) < 4.78 is 5.20. The Kier molecular flexibility index (Phi) is 3.65. The van der Waals surface area contributed by atoms with Crippen molar-refractivity contribution >= 4 is 6.01 Å². The SMILES string of the molecule is CCCNc1nc(C(C)(C)c2ccccc2)no1. The summed E-state index contributed by atoms with van der Waals surface area (Å²) in [4.78, 5) is 4.41. The molecule has 1 heterocycles. The van der Waals surface area contributed by atoms with Crippen LogP contribution in [0.1, 0.15) is 38.6 Å². The molecular weight excluding hydrogens is 226 g/mol. The van der Waals surface area contributed by atoms with Gasteiger partial charge in [0.25, 0.3) is 0 Å². The highest BCUT2D eigenvalue weighted by Crippen LogP contribution is 2.29. The molecule has 0 saturated carbocycles. The Morgan fingerprint density at radius 3 is 2.61 bits per heavy atom. The van der Waals surface area contributed by atoms with Crippen LogP contribution in [0.4, 0.5) is 6.01 Å². The Bertz CT molecular complexity index is 491. The van der Waals surface area contributed by atoms with E-state index in [0.29, 0.717) is 11.8 Å². The summed E-state index contributed by atoms with van der Waals surface area (Å²) in [6, 6.07) is 10.7. The van der Waals surface area contributed by atoms with Crippen molar-refractivity contribution in [3.63, 3.8) is 0 Å². The zero-order valence-electron chi connectivity index (χ0n) is 11.1. The van der Waals surface area contributed by atoms with Gasteiger partial charge in [0, 0.05) is 6.54 Å². The normalized spacial score (nSPS) is 11.5. The monoisotopic (exact) mass is 245 g/mol. The van der Waals surface area contributed by atoms with E-state index in [1.807, 2.05) is 18.2 Å². The third-order valence-electron chi connectivity index (χ3n) is 3.01. The van der Waals surface area contributed by atoms with Crippen LogP contribution in [0.5, 0.6) is 0 Å². The zero-order chi connectivity index (χ0) is 13.0. The first-order valence-corrected chi connectivity index (χ1v) is 6.28. The van der Waals surface area contributed by atoms with Crippen molar-refractivity contribution in [2.24, 2.45) is 0 Å². The molecule has 0 spiro atoms. The molecule has 0 bridgehead atoms. The van der Waals surface area contributed by atoms with Gasteiger partial charge >= 0.3 is 6.01 Å². The summed E-state index contributed by atoms with van der Waals surface area (Å²) in [6.45, 7) is 7.12. The molecule has 0 aliphatic rings. The number of nitrogens with zero attached hydrogens (tertiary/aromatic N) is 2. The van der Waals surface area contributed by atoms with Crippen LogP contribution in [0.15, 0.2) is 34.9 Å². The summed E-state index contributed by atoms with van der Waals surface area (Å²) in [5, 5.41) is 7.17. The molecule has 1 aromatic heterocycles. The molecule has 2 aromatic rings. The van der Waals surface area contributed by atoms with E-state index in [-0.39, 0.29) is 5.41 Å². The Labute approximate surface area is 107 Å². The van der Waals surface area contributed by atoms with E-state index in [4.69, 9.17) is 4.52 Å². The molecule has 96 valence electrons.